The normalized spacial score (nSPS) is 18.2. The Morgan fingerprint density at radius 2 is 2.00 bits per heavy atom. The number of rotatable bonds is 5. The first-order valence-electron chi connectivity index (χ1n) is 6.57. The molecule has 3 N–H and O–H groups in total. The van der Waals surface area contributed by atoms with E-state index in [1.807, 2.05) is 0 Å². The second-order valence-electron chi connectivity index (χ2n) is 4.89. The Labute approximate surface area is 107 Å². The average Bonchev–Trinajstić information content (AvgIpc) is 2.40. The Morgan fingerprint density at radius 1 is 1.33 bits per heavy atom. The molecule has 0 aromatic carbocycles. The summed E-state index contributed by atoms with van der Waals surface area (Å²) < 4.78 is 0. The van der Waals surface area contributed by atoms with Crippen LogP contribution >= 0.6 is 0 Å². The molecular weight excluding hydrogens is 228 g/mol. The van der Waals surface area contributed by atoms with E-state index in [0.717, 1.165) is 12.8 Å². The zero-order valence-electron chi connectivity index (χ0n) is 10.5. The van der Waals surface area contributed by atoms with Gasteiger partial charge in [-0.3, -0.25) is 4.79 Å². The van der Waals surface area contributed by atoms with Gasteiger partial charge in [-0.2, -0.15) is 0 Å². The van der Waals surface area contributed by atoms with Gasteiger partial charge in [-0.1, -0.05) is 19.3 Å². The van der Waals surface area contributed by atoms with Gasteiger partial charge < -0.3 is 11.1 Å². The fourth-order valence-corrected chi connectivity index (χ4v) is 2.63. The van der Waals surface area contributed by atoms with Crippen molar-refractivity contribution in [3.63, 3.8) is 0 Å². The third-order valence-corrected chi connectivity index (χ3v) is 3.52. The second kappa shape index (κ2) is 6.33. The number of nitrogens with two attached hydrogens (primary N) is 1. The zero-order chi connectivity index (χ0) is 12.8. The van der Waals surface area contributed by atoms with Crippen LogP contribution in [0.2, 0.25) is 0 Å². The van der Waals surface area contributed by atoms with Crippen molar-refractivity contribution < 1.29 is 4.79 Å². The highest BCUT2D eigenvalue weighted by Crippen LogP contribution is 2.28. The van der Waals surface area contributed by atoms with Crippen molar-refractivity contribution in [3.8, 4) is 0 Å². The summed E-state index contributed by atoms with van der Waals surface area (Å²) in [4.78, 5) is 19.5. The first-order valence-corrected chi connectivity index (χ1v) is 6.57. The first kappa shape index (κ1) is 12.8. The molecule has 1 heterocycles. The molecule has 1 atom stereocenters. The highest BCUT2D eigenvalue weighted by molar-refractivity contribution is 5.74. The van der Waals surface area contributed by atoms with Gasteiger partial charge >= 0.3 is 0 Å². The number of nitrogens with one attached hydrogen (secondary N) is 1. The summed E-state index contributed by atoms with van der Waals surface area (Å²) in [5.74, 6) is 0.804. The standard InChI is InChI=1S/C13H20N4O/c14-12(18)9-11(10-5-2-1-3-6-10)17-13-15-7-4-8-16-13/h4,7-8,10-11H,1-3,5-6,9H2,(H2,14,18)(H,15,16,17)/t11-/m1/s1. The molecule has 18 heavy (non-hydrogen) atoms. The zero-order valence-corrected chi connectivity index (χ0v) is 10.5. The minimum Gasteiger partial charge on any atom is -0.370 e. The largest absolute Gasteiger partial charge is 0.370 e. The molecule has 1 amide bonds. The van der Waals surface area contributed by atoms with Crippen LogP contribution in [0.25, 0.3) is 0 Å². The lowest BCUT2D eigenvalue weighted by molar-refractivity contribution is -0.118. The summed E-state index contributed by atoms with van der Waals surface area (Å²) in [6.07, 6.45) is 9.80. The number of carbonyl (C=O) groups excluding carboxylic acids is 1. The molecule has 1 aliphatic rings. The van der Waals surface area contributed by atoms with Gasteiger partial charge in [0.15, 0.2) is 0 Å². The van der Waals surface area contributed by atoms with E-state index in [1.165, 1.54) is 19.3 Å². The number of anilines is 1. The van der Waals surface area contributed by atoms with Crippen LogP contribution in [0.4, 0.5) is 5.95 Å². The summed E-state index contributed by atoms with van der Waals surface area (Å²) in [7, 11) is 0. The molecule has 98 valence electrons. The molecule has 0 spiro atoms. The van der Waals surface area contributed by atoms with Crippen LogP contribution in [-0.2, 0) is 4.79 Å². The Kier molecular flexibility index (Phi) is 4.50. The monoisotopic (exact) mass is 248 g/mol. The van der Waals surface area contributed by atoms with Crippen molar-refractivity contribution in [2.24, 2.45) is 11.7 Å². The van der Waals surface area contributed by atoms with Crippen molar-refractivity contribution in [2.45, 2.75) is 44.6 Å². The van der Waals surface area contributed by atoms with Crippen molar-refractivity contribution >= 4 is 11.9 Å². The minimum absolute atomic E-state index is 0.0604. The highest BCUT2D eigenvalue weighted by atomic mass is 16.1. The molecule has 1 aromatic rings. The lowest BCUT2D eigenvalue weighted by Gasteiger charge is -2.30. The number of primary amides is 1. The molecule has 5 nitrogen and oxygen atoms in total. The van der Waals surface area contributed by atoms with E-state index >= 15 is 0 Å². The maximum Gasteiger partial charge on any atom is 0.222 e. The first-order chi connectivity index (χ1) is 8.75. The summed E-state index contributed by atoms with van der Waals surface area (Å²) in [5.41, 5.74) is 5.33. The maximum absolute atomic E-state index is 11.2. The van der Waals surface area contributed by atoms with Gasteiger partial charge in [-0.25, -0.2) is 9.97 Å². The molecule has 1 aromatic heterocycles. The summed E-state index contributed by atoms with van der Waals surface area (Å²) >= 11 is 0. The number of nitrogens with zero attached hydrogens (tertiary/aromatic N) is 2. The smallest absolute Gasteiger partial charge is 0.222 e. The Morgan fingerprint density at radius 3 is 2.61 bits per heavy atom. The number of carbonyl (C=O) groups is 1. The van der Waals surface area contributed by atoms with Gasteiger partial charge in [0.05, 0.1) is 0 Å². The van der Waals surface area contributed by atoms with Gasteiger partial charge in [0.1, 0.15) is 0 Å². The third-order valence-electron chi connectivity index (χ3n) is 3.52. The number of aromatic nitrogens is 2. The molecule has 1 aliphatic carbocycles. The van der Waals surface area contributed by atoms with Crippen LogP contribution in [0.15, 0.2) is 18.5 Å². The van der Waals surface area contributed by atoms with Gasteiger partial charge in [0, 0.05) is 24.9 Å². The number of hydrogen-bond donors (Lipinski definition) is 2. The van der Waals surface area contributed by atoms with Gasteiger partial charge in [0.25, 0.3) is 0 Å². The molecule has 2 rings (SSSR count). The summed E-state index contributed by atoms with van der Waals surface area (Å²) in [6.45, 7) is 0. The predicted octanol–water partition coefficient (Wildman–Crippen LogP) is 1.71. The van der Waals surface area contributed by atoms with Crippen LogP contribution in [-0.4, -0.2) is 21.9 Å². The van der Waals surface area contributed by atoms with E-state index in [-0.39, 0.29) is 11.9 Å². The van der Waals surface area contributed by atoms with Crippen LogP contribution in [0, 0.1) is 5.92 Å². The fraction of sp³-hybridized carbons (Fsp3) is 0.615. The van der Waals surface area contributed by atoms with Crippen molar-refractivity contribution in [1.29, 1.82) is 0 Å². The maximum atomic E-state index is 11.2. The molecule has 0 radical (unpaired) electrons. The van der Waals surface area contributed by atoms with Crippen molar-refractivity contribution in [2.75, 3.05) is 5.32 Å². The molecule has 0 unspecified atom stereocenters. The van der Waals surface area contributed by atoms with E-state index in [2.05, 4.69) is 15.3 Å². The Bertz CT molecular complexity index is 376. The topological polar surface area (TPSA) is 80.9 Å². The fourth-order valence-electron chi connectivity index (χ4n) is 2.63. The SMILES string of the molecule is NC(=O)C[C@@H](Nc1ncccn1)C1CCCCC1. The van der Waals surface area contributed by atoms with E-state index in [9.17, 15) is 4.79 Å². The molecule has 1 fully saturated rings. The van der Waals surface area contributed by atoms with E-state index < -0.39 is 0 Å². The average molecular weight is 248 g/mol. The molecule has 5 heteroatoms. The van der Waals surface area contributed by atoms with Crippen LogP contribution in [0.3, 0.4) is 0 Å². The van der Waals surface area contributed by atoms with Crippen LogP contribution in [0.5, 0.6) is 0 Å². The lowest BCUT2D eigenvalue weighted by Crippen LogP contribution is -2.35. The quantitative estimate of drug-likeness (QED) is 0.831. The summed E-state index contributed by atoms with van der Waals surface area (Å²) in [5, 5.41) is 3.26. The number of amides is 1. The van der Waals surface area contributed by atoms with E-state index in [4.69, 9.17) is 5.73 Å². The molecule has 0 aliphatic heterocycles. The van der Waals surface area contributed by atoms with E-state index in [0.29, 0.717) is 18.3 Å². The highest BCUT2D eigenvalue weighted by Gasteiger charge is 2.25. The Balaban J connectivity index is 2.02. The minimum atomic E-state index is -0.269. The molecular formula is C13H20N4O. The predicted molar refractivity (Wildman–Crippen MR) is 69.8 cm³/mol. The van der Waals surface area contributed by atoms with Crippen molar-refractivity contribution in [1.82, 2.24) is 9.97 Å². The van der Waals surface area contributed by atoms with Crippen LogP contribution in [0.1, 0.15) is 38.5 Å². The van der Waals surface area contributed by atoms with Crippen molar-refractivity contribution in [3.05, 3.63) is 18.5 Å². The molecule has 0 saturated heterocycles. The lowest BCUT2D eigenvalue weighted by atomic mass is 9.82. The van der Waals surface area contributed by atoms with Gasteiger partial charge in [-0.05, 0) is 24.8 Å². The van der Waals surface area contributed by atoms with E-state index in [1.54, 1.807) is 18.5 Å². The van der Waals surface area contributed by atoms with Crippen LogP contribution < -0.4 is 11.1 Å². The third kappa shape index (κ3) is 3.68. The Hall–Kier alpha value is -1.65. The molecule has 0 bridgehead atoms. The van der Waals surface area contributed by atoms with Gasteiger partial charge in [0.2, 0.25) is 11.9 Å². The van der Waals surface area contributed by atoms with Gasteiger partial charge in [-0.15, -0.1) is 0 Å². The number of hydrogen-bond acceptors (Lipinski definition) is 4. The molecule has 1 saturated carbocycles. The summed E-state index contributed by atoms with van der Waals surface area (Å²) in [6, 6.07) is 1.83. The second-order valence-corrected chi connectivity index (χ2v) is 4.89.